The molecule has 0 atom stereocenters. The van der Waals surface area contributed by atoms with Gasteiger partial charge in [-0.05, 0) is 31.0 Å². The van der Waals surface area contributed by atoms with Crippen LogP contribution in [0.3, 0.4) is 0 Å². The van der Waals surface area contributed by atoms with Crippen LogP contribution in [-0.2, 0) is 0 Å². The lowest BCUT2D eigenvalue weighted by atomic mass is 10.2. The molecule has 1 heterocycles. The fraction of sp³-hybridized carbons (Fsp3) is 0.462. The summed E-state index contributed by atoms with van der Waals surface area (Å²) in [4.78, 5) is 13.8. The minimum absolute atomic E-state index is 0.182. The quantitative estimate of drug-likeness (QED) is 0.825. The van der Waals surface area contributed by atoms with E-state index in [1.807, 2.05) is 0 Å². The van der Waals surface area contributed by atoms with Gasteiger partial charge in [0.2, 0.25) is 0 Å². The summed E-state index contributed by atoms with van der Waals surface area (Å²) in [5, 5.41) is 2.96. The number of carbonyl (C=O) groups excluding carboxylic acids is 1. The molecule has 2 amide bonds. The van der Waals surface area contributed by atoms with Crippen LogP contribution in [0.2, 0.25) is 5.02 Å². The van der Waals surface area contributed by atoms with Crippen LogP contribution < -0.4 is 5.32 Å². The largest absolute Gasteiger partial charge is 0.325 e. The molecule has 1 aromatic carbocycles. The summed E-state index contributed by atoms with van der Waals surface area (Å²) < 4.78 is 13.1. The zero-order valence-electron chi connectivity index (χ0n) is 10.1. The number of benzene rings is 1. The summed E-state index contributed by atoms with van der Waals surface area (Å²) >= 11 is 5.74. The number of hydrogen-bond acceptors (Lipinski definition) is 1. The molecule has 1 N–H and O–H groups in total. The van der Waals surface area contributed by atoms with Crippen molar-refractivity contribution >= 4 is 23.3 Å². The Hall–Kier alpha value is -1.29. The van der Waals surface area contributed by atoms with Crippen molar-refractivity contribution in [2.24, 2.45) is 0 Å². The Kier molecular flexibility index (Phi) is 4.42. The Morgan fingerprint density at radius 2 is 1.83 bits per heavy atom. The molecule has 1 aromatic rings. The molecule has 0 aromatic heterocycles. The summed E-state index contributed by atoms with van der Waals surface area (Å²) in [6.45, 7) is 1.52. The number of nitrogens with zero attached hydrogens (tertiary/aromatic N) is 1. The number of rotatable bonds is 1. The van der Waals surface area contributed by atoms with Crippen LogP contribution in [0.1, 0.15) is 25.7 Å². The van der Waals surface area contributed by atoms with Crippen LogP contribution in [0.15, 0.2) is 18.2 Å². The van der Waals surface area contributed by atoms with E-state index in [4.69, 9.17) is 11.6 Å². The maximum atomic E-state index is 13.1. The zero-order valence-corrected chi connectivity index (χ0v) is 10.8. The minimum Gasteiger partial charge on any atom is -0.325 e. The van der Waals surface area contributed by atoms with Crippen molar-refractivity contribution < 1.29 is 9.18 Å². The van der Waals surface area contributed by atoms with Crippen molar-refractivity contribution in [2.75, 3.05) is 18.4 Å². The number of carbonyl (C=O) groups is 1. The molecule has 18 heavy (non-hydrogen) atoms. The minimum atomic E-state index is -0.450. The van der Waals surface area contributed by atoms with E-state index in [2.05, 4.69) is 5.32 Å². The number of anilines is 1. The first kappa shape index (κ1) is 13.1. The van der Waals surface area contributed by atoms with Gasteiger partial charge >= 0.3 is 6.03 Å². The molecule has 0 spiro atoms. The molecular formula is C13H16ClFN2O. The second-order valence-electron chi connectivity index (χ2n) is 4.49. The fourth-order valence-corrected chi connectivity index (χ4v) is 2.32. The number of nitrogens with one attached hydrogen (secondary N) is 1. The Balaban J connectivity index is 2.01. The van der Waals surface area contributed by atoms with E-state index in [1.165, 1.54) is 12.1 Å². The smallest absolute Gasteiger partial charge is 0.321 e. The van der Waals surface area contributed by atoms with Gasteiger partial charge in [0.25, 0.3) is 0 Å². The van der Waals surface area contributed by atoms with E-state index >= 15 is 0 Å². The lowest BCUT2D eigenvalue weighted by Gasteiger charge is -2.20. The normalized spacial score (nSPS) is 16.2. The van der Waals surface area contributed by atoms with Gasteiger partial charge < -0.3 is 10.2 Å². The van der Waals surface area contributed by atoms with Crippen LogP contribution in [0, 0.1) is 5.82 Å². The maximum Gasteiger partial charge on any atom is 0.321 e. The van der Waals surface area contributed by atoms with Gasteiger partial charge in [-0.1, -0.05) is 24.4 Å². The molecule has 1 aliphatic rings. The van der Waals surface area contributed by atoms with Crippen molar-refractivity contribution in [1.82, 2.24) is 4.90 Å². The van der Waals surface area contributed by atoms with E-state index in [1.54, 1.807) is 11.0 Å². The molecule has 1 aliphatic heterocycles. The number of likely N-dealkylation sites (tertiary alicyclic amines) is 1. The average molecular weight is 271 g/mol. The molecule has 1 fully saturated rings. The van der Waals surface area contributed by atoms with Crippen LogP contribution in [-0.4, -0.2) is 24.0 Å². The molecule has 98 valence electrons. The molecule has 5 heteroatoms. The Morgan fingerprint density at radius 3 is 2.44 bits per heavy atom. The van der Waals surface area contributed by atoms with Crippen LogP contribution in [0.5, 0.6) is 0 Å². The summed E-state index contributed by atoms with van der Waals surface area (Å²) in [5.41, 5.74) is 0.397. The first-order valence-electron chi connectivity index (χ1n) is 6.17. The van der Waals surface area contributed by atoms with Crippen molar-refractivity contribution in [1.29, 1.82) is 0 Å². The lowest BCUT2D eigenvalue weighted by molar-refractivity contribution is 0.214. The van der Waals surface area contributed by atoms with Gasteiger partial charge in [0.05, 0.1) is 0 Å². The first-order chi connectivity index (χ1) is 8.65. The van der Waals surface area contributed by atoms with Gasteiger partial charge in [0.15, 0.2) is 0 Å². The number of hydrogen-bond donors (Lipinski definition) is 1. The van der Waals surface area contributed by atoms with Gasteiger partial charge in [-0.2, -0.15) is 0 Å². The van der Waals surface area contributed by atoms with E-state index in [0.29, 0.717) is 5.69 Å². The van der Waals surface area contributed by atoms with E-state index in [-0.39, 0.29) is 11.1 Å². The highest BCUT2D eigenvalue weighted by molar-refractivity contribution is 6.30. The summed E-state index contributed by atoms with van der Waals surface area (Å²) in [5.74, 6) is -0.450. The molecule has 0 aliphatic carbocycles. The predicted molar refractivity (Wildman–Crippen MR) is 70.5 cm³/mol. The second kappa shape index (κ2) is 6.05. The zero-order chi connectivity index (χ0) is 13.0. The van der Waals surface area contributed by atoms with E-state index in [9.17, 15) is 9.18 Å². The Bertz CT molecular complexity index is 411. The highest BCUT2D eigenvalue weighted by atomic mass is 35.5. The molecule has 1 saturated heterocycles. The maximum absolute atomic E-state index is 13.1. The second-order valence-corrected chi connectivity index (χ2v) is 4.93. The Morgan fingerprint density at radius 1 is 1.17 bits per heavy atom. The number of urea groups is 1. The molecule has 3 nitrogen and oxygen atoms in total. The summed E-state index contributed by atoms with van der Waals surface area (Å²) in [6.07, 6.45) is 4.37. The topological polar surface area (TPSA) is 32.3 Å². The van der Waals surface area contributed by atoms with Crippen molar-refractivity contribution in [3.8, 4) is 0 Å². The first-order valence-corrected chi connectivity index (χ1v) is 6.55. The molecule has 2 rings (SSSR count). The van der Waals surface area contributed by atoms with Gasteiger partial charge in [-0.25, -0.2) is 9.18 Å². The molecule has 0 saturated carbocycles. The standard InChI is InChI=1S/C13H16ClFN2O/c14-10-7-11(15)9-12(8-10)16-13(18)17-5-3-1-2-4-6-17/h7-9H,1-6H2,(H,16,18). The van der Waals surface area contributed by atoms with Gasteiger partial charge in [0.1, 0.15) is 5.82 Å². The van der Waals surface area contributed by atoms with Gasteiger partial charge in [0, 0.05) is 23.8 Å². The highest BCUT2D eigenvalue weighted by Crippen LogP contribution is 2.19. The van der Waals surface area contributed by atoms with Crippen molar-refractivity contribution in [3.05, 3.63) is 29.0 Å². The highest BCUT2D eigenvalue weighted by Gasteiger charge is 2.15. The third kappa shape index (κ3) is 3.60. The van der Waals surface area contributed by atoms with E-state index < -0.39 is 5.82 Å². The third-order valence-corrected chi connectivity index (χ3v) is 3.23. The van der Waals surface area contributed by atoms with Crippen molar-refractivity contribution in [2.45, 2.75) is 25.7 Å². The number of amides is 2. The Labute approximate surface area is 111 Å². The van der Waals surface area contributed by atoms with Gasteiger partial charge in [-0.3, -0.25) is 0 Å². The fourth-order valence-electron chi connectivity index (χ4n) is 2.10. The van der Waals surface area contributed by atoms with Gasteiger partial charge in [-0.15, -0.1) is 0 Å². The third-order valence-electron chi connectivity index (χ3n) is 3.01. The summed E-state index contributed by atoms with van der Waals surface area (Å²) in [7, 11) is 0. The predicted octanol–water partition coefficient (Wildman–Crippen LogP) is 3.89. The van der Waals surface area contributed by atoms with E-state index in [0.717, 1.165) is 38.8 Å². The van der Waals surface area contributed by atoms with Crippen molar-refractivity contribution in [3.63, 3.8) is 0 Å². The monoisotopic (exact) mass is 270 g/mol. The molecule has 0 bridgehead atoms. The SMILES string of the molecule is O=C(Nc1cc(F)cc(Cl)c1)N1CCCCCC1. The van der Waals surface area contributed by atoms with Crippen LogP contribution in [0.25, 0.3) is 0 Å². The van der Waals surface area contributed by atoms with Crippen LogP contribution in [0.4, 0.5) is 14.9 Å². The molecule has 0 unspecified atom stereocenters. The molecular weight excluding hydrogens is 255 g/mol. The lowest BCUT2D eigenvalue weighted by Crippen LogP contribution is -2.35. The number of halogens is 2. The van der Waals surface area contributed by atoms with Crippen LogP contribution >= 0.6 is 11.6 Å². The summed E-state index contributed by atoms with van der Waals surface area (Å²) in [6, 6.07) is 3.84. The average Bonchev–Trinajstić information content (AvgIpc) is 2.55. The molecule has 0 radical (unpaired) electrons.